The lowest BCUT2D eigenvalue weighted by molar-refractivity contribution is -0.132. The van der Waals surface area contributed by atoms with E-state index in [4.69, 9.17) is 5.11 Å². The topological polar surface area (TPSA) is 69.6 Å². The van der Waals surface area contributed by atoms with Crippen LogP contribution in [0.3, 0.4) is 0 Å². The average molecular weight is 262 g/mol. The highest BCUT2D eigenvalue weighted by molar-refractivity contribution is 5.81. The lowest BCUT2D eigenvalue weighted by atomic mass is 10.2. The fraction of sp³-hybridized carbons (Fsp3) is 0.615. The summed E-state index contributed by atoms with van der Waals surface area (Å²) in [5.74, 6) is 1.25. The number of aliphatic hydroxyl groups excluding tert-OH is 1. The molecule has 1 aromatic rings. The van der Waals surface area contributed by atoms with Crippen molar-refractivity contribution in [1.82, 2.24) is 14.9 Å². The number of aliphatic hydroxyl groups is 1. The van der Waals surface area contributed by atoms with Gasteiger partial charge in [0.15, 0.2) is 0 Å². The van der Waals surface area contributed by atoms with Crippen LogP contribution in [0.1, 0.15) is 18.5 Å². The smallest absolute Gasteiger partial charge is 0.225 e. The highest BCUT2D eigenvalue weighted by atomic mass is 16.3. The Labute approximate surface area is 112 Å². The molecule has 1 aromatic heterocycles. The summed E-state index contributed by atoms with van der Waals surface area (Å²) in [6, 6.07) is 1.70. The maximum atomic E-state index is 11.9. The molecule has 1 amide bonds. The molecule has 0 bridgehead atoms. The Kier molecular flexibility index (Phi) is 3.33. The first-order valence-electron chi connectivity index (χ1n) is 6.74. The van der Waals surface area contributed by atoms with Crippen LogP contribution in [0.5, 0.6) is 0 Å². The quantitative estimate of drug-likeness (QED) is 0.832. The van der Waals surface area contributed by atoms with Crippen LogP contribution in [0.4, 0.5) is 5.95 Å². The van der Waals surface area contributed by atoms with Gasteiger partial charge in [0.05, 0.1) is 12.3 Å². The predicted molar refractivity (Wildman–Crippen MR) is 69.5 cm³/mol. The first-order valence-corrected chi connectivity index (χ1v) is 6.74. The van der Waals surface area contributed by atoms with Gasteiger partial charge in [-0.25, -0.2) is 9.97 Å². The summed E-state index contributed by atoms with van der Waals surface area (Å²) >= 11 is 0. The van der Waals surface area contributed by atoms with Crippen LogP contribution in [0, 0.1) is 5.92 Å². The van der Waals surface area contributed by atoms with E-state index in [0.717, 1.165) is 39.0 Å². The molecule has 102 valence electrons. The molecule has 0 atom stereocenters. The van der Waals surface area contributed by atoms with E-state index in [-0.39, 0.29) is 6.61 Å². The number of amides is 1. The van der Waals surface area contributed by atoms with Gasteiger partial charge in [0, 0.05) is 38.3 Å². The van der Waals surface area contributed by atoms with Gasteiger partial charge in [0.25, 0.3) is 0 Å². The molecule has 2 heterocycles. The van der Waals surface area contributed by atoms with Gasteiger partial charge in [0.1, 0.15) is 0 Å². The van der Waals surface area contributed by atoms with Crippen LogP contribution in [0.2, 0.25) is 0 Å². The van der Waals surface area contributed by atoms with E-state index in [0.29, 0.717) is 23.5 Å². The monoisotopic (exact) mass is 262 g/mol. The first kappa shape index (κ1) is 12.3. The van der Waals surface area contributed by atoms with Crippen LogP contribution in [-0.4, -0.2) is 52.1 Å². The fourth-order valence-electron chi connectivity index (χ4n) is 2.34. The van der Waals surface area contributed by atoms with Crippen molar-refractivity contribution in [2.75, 3.05) is 31.1 Å². The summed E-state index contributed by atoms with van der Waals surface area (Å²) in [5, 5.41) is 9.08. The van der Waals surface area contributed by atoms with Crippen LogP contribution in [-0.2, 0) is 11.4 Å². The molecule has 0 spiro atoms. The fourth-order valence-corrected chi connectivity index (χ4v) is 2.34. The summed E-state index contributed by atoms with van der Waals surface area (Å²) in [6.45, 7) is 2.92. The van der Waals surface area contributed by atoms with Gasteiger partial charge in [-0.1, -0.05) is 0 Å². The Hall–Kier alpha value is -1.69. The van der Waals surface area contributed by atoms with Gasteiger partial charge in [0.2, 0.25) is 11.9 Å². The lowest BCUT2D eigenvalue weighted by Gasteiger charge is -2.34. The summed E-state index contributed by atoms with van der Waals surface area (Å²) in [6.07, 6.45) is 3.77. The van der Waals surface area contributed by atoms with Gasteiger partial charge < -0.3 is 14.9 Å². The van der Waals surface area contributed by atoms with Crippen LogP contribution in [0.25, 0.3) is 0 Å². The van der Waals surface area contributed by atoms with Crippen molar-refractivity contribution < 1.29 is 9.90 Å². The Morgan fingerprint density at radius 3 is 2.68 bits per heavy atom. The highest BCUT2D eigenvalue weighted by Crippen LogP contribution is 2.31. The van der Waals surface area contributed by atoms with Crippen molar-refractivity contribution >= 4 is 11.9 Å². The van der Waals surface area contributed by atoms with Crippen molar-refractivity contribution in [2.45, 2.75) is 19.4 Å². The Morgan fingerprint density at radius 2 is 2.05 bits per heavy atom. The number of hydrogen-bond acceptors (Lipinski definition) is 5. The second-order valence-electron chi connectivity index (χ2n) is 5.09. The van der Waals surface area contributed by atoms with E-state index < -0.39 is 0 Å². The van der Waals surface area contributed by atoms with E-state index in [1.54, 1.807) is 12.3 Å². The second-order valence-corrected chi connectivity index (χ2v) is 5.09. The Bertz CT molecular complexity index is 467. The van der Waals surface area contributed by atoms with Crippen molar-refractivity contribution in [2.24, 2.45) is 5.92 Å². The Balaban J connectivity index is 1.61. The first-order chi connectivity index (χ1) is 9.28. The molecular formula is C13H18N4O2. The van der Waals surface area contributed by atoms with Crippen molar-refractivity contribution in [3.05, 3.63) is 18.0 Å². The SMILES string of the molecule is O=C(C1CC1)N1CCN(c2nccc(CO)n2)CC1. The average Bonchev–Trinajstić information content (AvgIpc) is 3.31. The van der Waals surface area contributed by atoms with Crippen molar-refractivity contribution in [1.29, 1.82) is 0 Å². The molecule has 0 radical (unpaired) electrons. The molecular weight excluding hydrogens is 244 g/mol. The van der Waals surface area contributed by atoms with Crippen molar-refractivity contribution in [3.8, 4) is 0 Å². The third-order valence-electron chi connectivity index (χ3n) is 3.66. The molecule has 1 saturated carbocycles. The van der Waals surface area contributed by atoms with Gasteiger partial charge in [-0.15, -0.1) is 0 Å². The predicted octanol–water partition coefficient (Wildman–Crippen LogP) is 0.0275. The number of rotatable bonds is 3. The number of aromatic nitrogens is 2. The number of nitrogens with zero attached hydrogens (tertiary/aromatic N) is 4. The lowest BCUT2D eigenvalue weighted by Crippen LogP contribution is -2.49. The molecule has 1 N–H and O–H groups in total. The number of hydrogen-bond donors (Lipinski definition) is 1. The van der Waals surface area contributed by atoms with Crippen LogP contribution >= 0.6 is 0 Å². The van der Waals surface area contributed by atoms with E-state index in [1.807, 2.05) is 4.90 Å². The molecule has 1 aliphatic carbocycles. The zero-order chi connectivity index (χ0) is 13.2. The summed E-state index contributed by atoms with van der Waals surface area (Å²) in [5.41, 5.74) is 0.626. The van der Waals surface area contributed by atoms with Crippen LogP contribution in [0.15, 0.2) is 12.3 Å². The maximum Gasteiger partial charge on any atom is 0.225 e. The van der Waals surface area contributed by atoms with E-state index in [9.17, 15) is 4.79 Å². The second kappa shape index (κ2) is 5.13. The third kappa shape index (κ3) is 2.68. The number of piperazine rings is 1. The molecule has 19 heavy (non-hydrogen) atoms. The van der Waals surface area contributed by atoms with E-state index in [2.05, 4.69) is 14.9 Å². The molecule has 0 unspecified atom stereocenters. The largest absolute Gasteiger partial charge is 0.390 e. The number of carbonyl (C=O) groups excluding carboxylic acids is 1. The molecule has 1 aliphatic heterocycles. The minimum Gasteiger partial charge on any atom is -0.390 e. The Morgan fingerprint density at radius 1 is 1.32 bits per heavy atom. The summed E-state index contributed by atoms with van der Waals surface area (Å²) < 4.78 is 0. The molecule has 6 heteroatoms. The van der Waals surface area contributed by atoms with Crippen molar-refractivity contribution in [3.63, 3.8) is 0 Å². The minimum atomic E-state index is -0.0738. The zero-order valence-electron chi connectivity index (χ0n) is 10.8. The minimum absolute atomic E-state index is 0.0738. The molecule has 6 nitrogen and oxygen atoms in total. The van der Waals surface area contributed by atoms with Gasteiger partial charge in [-0.3, -0.25) is 4.79 Å². The number of carbonyl (C=O) groups is 1. The standard InChI is InChI=1S/C13H18N4O2/c18-9-11-3-4-14-13(15-11)17-7-5-16(6-8-17)12(19)10-1-2-10/h3-4,10,18H,1-2,5-9H2. The van der Waals surface area contributed by atoms with Gasteiger partial charge in [-0.05, 0) is 18.9 Å². The normalized spacial score (nSPS) is 19.6. The molecule has 3 rings (SSSR count). The number of anilines is 1. The van der Waals surface area contributed by atoms with Crippen LogP contribution < -0.4 is 4.90 Å². The molecule has 2 aliphatic rings. The van der Waals surface area contributed by atoms with E-state index >= 15 is 0 Å². The maximum absolute atomic E-state index is 11.9. The van der Waals surface area contributed by atoms with E-state index in [1.165, 1.54) is 0 Å². The zero-order valence-corrected chi connectivity index (χ0v) is 10.8. The highest BCUT2D eigenvalue weighted by Gasteiger charge is 2.34. The van der Waals surface area contributed by atoms with Gasteiger partial charge >= 0.3 is 0 Å². The summed E-state index contributed by atoms with van der Waals surface area (Å²) in [7, 11) is 0. The summed E-state index contributed by atoms with van der Waals surface area (Å²) in [4.78, 5) is 24.5. The van der Waals surface area contributed by atoms with Gasteiger partial charge in [-0.2, -0.15) is 0 Å². The molecule has 0 aromatic carbocycles. The molecule has 2 fully saturated rings. The third-order valence-corrected chi connectivity index (χ3v) is 3.66. The molecule has 1 saturated heterocycles.